The number of fused-ring (bicyclic) bond motifs is 1. The maximum absolute atomic E-state index is 14.5. The van der Waals surface area contributed by atoms with Gasteiger partial charge in [0.1, 0.15) is 23.0 Å². The number of ether oxygens (including phenoxy) is 1. The monoisotopic (exact) mass is 654 g/mol. The van der Waals surface area contributed by atoms with Gasteiger partial charge >= 0.3 is 5.97 Å². The number of carbonyl (C=O) groups excluding carboxylic acids is 2. The van der Waals surface area contributed by atoms with Crippen LogP contribution in [0.2, 0.25) is 5.02 Å². The van der Waals surface area contributed by atoms with Crippen LogP contribution in [0.4, 0.5) is 10.2 Å². The molecule has 1 amide bonds. The maximum Gasteiger partial charge on any atom is 0.339 e. The van der Waals surface area contributed by atoms with E-state index in [1.54, 1.807) is 19.1 Å². The number of esters is 1. The van der Waals surface area contributed by atoms with Gasteiger partial charge in [-0.05, 0) is 88.2 Å². The second-order valence-corrected chi connectivity index (χ2v) is 13.0. The van der Waals surface area contributed by atoms with Gasteiger partial charge in [-0.2, -0.15) is 0 Å². The van der Waals surface area contributed by atoms with Crippen molar-refractivity contribution < 1.29 is 18.7 Å². The van der Waals surface area contributed by atoms with Crippen molar-refractivity contribution in [3.63, 3.8) is 0 Å². The summed E-state index contributed by atoms with van der Waals surface area (Å²) in [5, 5.41) is 0.835. The van der Waals surface area contributed by atoms with E-state index in [1.165, 1.54) is 19.2 Å². The van der Waals surface area contributed by atoms with Crippen molar-refractivity contribution in [3.05, 3.63) is 106 Å². The molecule has 1 aliphatic rings. The summed E-state index contributed by atoms with van der Waals surface area (Å²) in [5.41, 5.74) is 5.38. The summed E-state index contributed by atoms with van der Waals surface area (Å²) in [5.74, 6) is -0.348. The van der Waals surface area contributed by atoms with E-state index in [2.05, 4.69) is 9.88 Å². The minimum Gasteiger partial charge on any atom is -0.465 e. The molecule has 9 nitrogen and oxygen atoms in total. The fourth-order valence-corrected chi connectivity index (χ4v) is 6.53. The highest BCUT2D eigenvalue weighted by Crippen LogP contribution is 2.34. The Morgan fingerprint density at radius 2 is 1.79 bits per heavy atom. The largest absolute Gasteiger partial charge is 0.465 e. The summed E-state index contributed by atoms with van der Waals surface area (Å²) in [7, 11) is 1.36. The molecule has 0 bridgehead atoms. The Bertz CT molecular complexity index is 2020. The lowest BCUT2D eigenvalue weighted by Gasteiger charge is -2.47. The lowest BCUT2D eigenvalue weighted by Crippen LogP contribution is -2.61. The molecule has 5 heterocycles. The molecule has 0 saturated carbocycles. The molecule has 6 rings (SSSR count). The molecule has 0 radical (unpaired) electrons. The second kappa shape index (κ2) is 12.4. The van der Waals surface area contributed by atoms with Crippen molar-refractivity contribution >= 4 is 40.3 Å². The highest BCUT2D eigenvalue weighted by Gasteiger charge is 2.38. The van der Waals surface area contributed by atoms with Gasteiger partial charge in [-0.25, -0.2) is 19.2 Å². The number of hydrogen-bond acceptors (Lipinski definition) is 7. The number of methoxy groups -OCH3 is 1. The van der Waals surface area contributed by atoms with Gasteiger partial charge in [-0.15, -0.1) is 0 Å². The van der Waals surface area contributed by atoms with Crippen molar-refractivity contribution in [2.45, 2.75) is 46.7 Å². The number of pyridine rings is 3. The Morgan fingerprint density at radius 3 is 2.47 bits per heavy atom. The molecule has 0 N–H and O–H groups in total. The number of piperazine rings is 1. The number of aromatic nitrogens is 4. The summed E-state index contributed by atoms with van der Waals surface area (Å²) in [4.78, 5) is 44.7. The van der Waals surface area contributed by atoms with Crippen LogP contribution in [0.25, 0.3) is 22.2 Å². The minimum atomic E-state index is -0.560. The summed E-state index contributed by atoms with van der Waals surface area (Å²) < 4.78 is 21.4. The Labute approximate surface area is 278 Å². The number of anilines is 1. The molecular formula is C36H36ClFN6O3. The smallest absolute Gasteiger partial charge is 0.339 e. The summed E-state index contributed by atoms with van der Waals surface area (Å²) >= 11 is 5.98. The molecule has 1 fully saturated rings. The van der Waals surface area contributed by atoms with Gasteiger partial charge in [0.2, 0.25) is 0 Å². The number of rotatable bonds is 6. The number of benzene rings is 1. The van der Waals surface area contributed by atoms with Gasteiger partial charge in [-0.3, -0.25) is 9.78 Å². The molecule has 1 aliphatic heterocycles. The molecule has 242 valence electrons. The van der Waals surface area contributed by atoms with Gasteiger partial charge < -0.3 is 19.1 Å². The zero-order valence-corrected chi connectivity index (χ0v) is 28.0. The van der Waals surface area contributed by atoms with E-state index in [0.717, 1.165) is 33.7 Å². The third kappa shape index (κ3) is 6.17. The number of amides is 1. The summed E-state index contributed by atoms with van der Waals surface area (Å²) in [6, 6.07) is 16.1. The summed E-state index contributed by atoms with van der Waals surface area (Å²) in [6.45, 7) is 11.6. The molecule has 0 aliphatic carbocycles. The quantitative estimate of drug-likeness (QED) is 0.186. The van der Waals surface area contributed by atoms with E-state index >= 15 is 0 Å². The normalized spacial score (nSPS) is 14.5. The van der Waals surface area contributed by atoms with Gasteiger partial charge in [0.15, 0.2) is 0 Å². The zero-order valence-electron chi connectivity index (χ0n) is 27.3. The lowest BCUT2D eigenvalue weighted by molar-refractivity contribution is 0.0506. The number of carbonyl (C=O) groups is 2. The van der Waals surface area contributed by atoms with Crippen molar-refractivity contribution in [1.29, 1.82) is 0 Å². The first-order valence-electron chi connectivity index (χ1n) is 15.4. The van der Waals surface area contributed by atoms with Crippen molar-refractivity contribution in [3.8, 4) is 11.1 Å². The second-order valence-electron chi connectivity index (χ2n) is 12.6. The molecule has 1 saturated heterocycles. The molecule has 11 heteroatoms. The van der Waals surface area contributed by atoms with E-state index in [4.69, 9.17) is 26.3 Å². The van der Waals surface area contributed by atoms with Crippen LogP contribution in [0.1, 0.15) is 57.3 Å². The molecule has 5 aromatic rings. The van der Waals surface area contributed by atoms with Crippen LogP contribution >= 0.6 is 11.6 Å². The third-order valence-corrected chi connectivity index (χ3v) is 9.00. The Hall–Kier alpha value is -4.83. The molecule has 1 aromatic carbocycles. The van der Waals surface area contributed by atoms with E-state index in [9.17, 15) is 14.0 Å². The van der Waals surface area contributed by atoms with Gasteiger partial charge in [0, 0.05) is 42.5 Å². The number of aryl methyl sites for hydroxylation is 3. The SMILES string of the molecule is COC(=O)c1c(C)cc(N2CCN(C(=O)c3ccc4c(-c5ccc(Cl)c(F)c5)cn(Cc5cccc(C)n5)c4n3)C(C)(C)C2)nc1C. The Balaban J connectivity index is 1.32. The van der Waals surface area contributed by atoms with Crippen LogP contribution < -0.4 is 4.90 Å². The van der Waals surface area contributed by atoms with E-state index in [-0.39, 0.29) is 10.9 Å². The molecular weight excluding hydrogens is 619 g/mol. The molecule has 47 heavy (non-hydrogen) atoms. The number of halogens is 2. The van der Waals surface area contributed by atoms with Gasteiger partial charge in [0.05, 0.1) is 41.2 Å². The Morgan fingerprint density at radius 1 is 1.00 bits per heavy atom. The molecule has 0 unspecified atom stereocenters. The third-order valence-electron chi connectivity index (χ3n) is 8.70. The van der Waals surface area contributed by atoms with Crippen LogP contribution in [-0.2, 0) is 11.3 Å². The Kier molecular flexibility index (Phi) is 8.48. The van der Waals surface area contributed by atoms with Crippen LogP contribution in [0, 0.1) is 26.6 Å². The molecule has 0 spiro atoms. The van der Waals surface area contributed by atoms with Crippen molar-refractivity contribution in [1.82, 2.24) is 24.4 Å². The van der Waals surface area contributed by atoms with Crippen molar-refractivity contribution in [2.75, 3.05) is 31.6 Å². The van der Waals surface area contributed by atoms with E-state index in [1.807, 2.05) is 73.7 Å². The van der Waals surface area contributed by atoms with E-state index < -0.39 is 17.3 Å². The minimum absolute atomic E-state index is 0.0504. The highest BCUT2D eigenvalue weighted by atomic mass is 35.5. The number of hydrogen-bond donors (Lipinski definition) is 0. The topological polar surface area (TPSA) is 93.5 Å². The molecule has 4 aromatic heterocycles. The van der Waals surface area contributed by atoms with E-state index in [0.29, 0.717) is 54.3 Å². The standard InChI is InChI=1S/C36H36ClFN6O3/c1-21-16-31(40-23(3)32(21)35(46)47-6)42-14-15-44(36(4,5)20-42)34(45)30-13-11-26-27(24-10-12-28(37)29(38)17-24)19-43(33(26)41-30)18-25-9-7-8-22(2)39-25/h7-13,16-17,19H,14-15,18,20H2,1-6H3. The van der Waals surface area contributed by atoms with Crippen LogP contribution in [-0.4, -0.2) is 68.6 Å². The van der Waals surface area contributed by atoms with Crippen LogP contribution in [0.15, 0.2) is 60.8 Å². The summed E-state index contributed by atoms with van der Waals surface area (Å²) in [6.07, 6.45) is 1.92. The lowest BCUT2D eigenvalue weighted by atomic mass is 9.97. The average Bonchev–Trinajstić information content (AvgIpc) is 3.38. The van der Waals surface area contributed by atoms with Crippen LogP contribution in [0.3, 0.4) is 0 Å². The first-order chi connectivity index (χ1) is 22.4. The number of nitrogens with zero attached hydrogens (tertiary/aromatic N) is 6. The van der Waals surface area contributed by atoms with Crippen LogP contribution in [0.5, 0.6) is 0 Å². The predicted octanol–water partition coefficient (Wildman–Crippen LogP) is 6.79. The average molecular weight is 655 g/mol. The first-order valence-corrected chi connectivity index (χ1v) is 15.8. The maximum atomic E-state index is 14.5. The fraction of sp³-hybridized carbons (Fsp3) is 0.306. The zero-order chi connectivity index (χ0) is 33.6. The van der Waals surface area contributed by atoms with Crippen molar-refractivity contribution in [2.24, 2.45) is 0 Å². The predicted molar refractivity (Wildman–Crippen MR) is 181 cm³/mol. The van der Waals surface area contributed by atoms with Gasteiger partial charge in [-0.1, -0.05) is 23.7 Å². The van der Waals surface area contributed by atoms with Gasteiger partial charge in [0.25, 0.3) is 5.91 Å². The fourth-order valence-electron chi connectivity index (χ4n) is 6.41. The first kappa shape index (κ1) is 32.1. The highest BCUT2D eigenvalue weighted by molar-refractivity contribution is 6.30. The molecule has 0 atom stereocenters.